The van der Waals surface area contributed by atoms with Gasteiger partial charge in [-0.2, -0.15) is 0 Å². The van der Waals surface area contributed by atoms with Crippen LogP contribution in [-0.4, -0.2) is 9.91 Å². The highest BCUT2D eigenvalue weighted by atomic mass is 127. The van der Waals surface area contributed by atoms with E-state index < -0.39 is 0 Å². The fourth-order valence-corrected chi connectivity index (χ4v) is 2.57. The maximum absolute atomic E-state index is 10.9. The largest absolute Gasteiger partial charge is 0.374 e. The SMILES string of the molecule is Cc1nc(CNc2ccc(I)cc2[N+](=O)[O-])cs1. The Hall–Kier alpha value is -1.22. The van der Waals surface area contributed by atoms with E-state index in [1.165, 1.54) is 0 Å². The van der Waals surface area contributed by atoms with Crippen LogP contribution in [0.15, 0.2) is 23.6 Å². The van der Waals surface area contributed by atoms with Crippen LogP contribution in [0.3, 0.4) is 0 Å². The Balaban J connectivity index is 2.16. The monoisotopic (exact) mass is 375 g/mol. The first kappa shape index (κ1) is 13.2. The summed E-state index contributed by atoms with van der Waals surface area (Å²) in [6.07, 6.45) is 0. The number of nitrogens with one attached hydrogen (secondary N) is 1. The number of halogens is 1. The molecule has 0 aliphatic carbocycles. The average Bonchev–Trinajstić information content (AvgIpc) is 2.73. The fourth-order valence-electron chi connectivity index (χ4n) is 1.48. The van der Waals surface area contributed by atoms with Gasteiger partial charge in [0, 0.05) is 15.0 Å². The molecule has 0 aliphatic heterocycles. The molecule has 0 fully saturated rings. The van der Waals surface area contributed by atoms with Crippen molar-refractivity contribution in [3.8, 4) is 0 Å². The second-order valence-electron chi connectivity index (χ2n) is 3.63. The van der Waals surface area contributed by atoms with Gasteiger partial charge in [-0.05, 0) is 41.6 Å². The summed E-state index contributed by atoms with van der Waals surface area (Å²) in [6, 6.07) is 5.11. The quantitative estimate of drug-likeness (QED) is 0.504. The molecule has 2 rings (SSSR count). The van der Waals surface area contributed by atoms with Crippen molar-refractivity contribution in [1.29, 1.82) is 0 Å². The molecule has 0 radical (unpaired) electrons. The summed E-state index contributed by atoms with van der Waals surface area (Å²) in [5.74, 6) is 0. The summed E-state index contributed by atoms with van der Waals surface area (Å²) in [5.41, 5.74) is 1.50. The van der Waals surface area contributed by atoms with Crippen LogP contribution in [0.5, 0.6) is 0 Å². The Kier molecular flexibility index (Phi) is 4.12. The van der Waals surface area contributed by atoms with Crippen molar-refractivity contribution in [3.63, 3.8) is 0 Å². The summed E-state index contributed by atoms with van der Waals surface area (Å²) in [6.45, 7) is 2.42. The third-order valence-electron chi connectivity index (χ3n) is 2.28. The second-order valence-corrected chi connectivity index (χ2v) is 5.94. The van der Waals surface area contributed by atoms with Gasteiger partial charge in [-0.25, -0.2) is 4.98 Å². The molecule has 0 saturated heterocycles. The van der Waals surface area contributed by atoms with Gasteiger partial charge in [-0.1, -0.05) is 0 Å². The number of nitro benzene ring substituents is 1. The maximum Gasteiger partial charge on any atom is 0.293 e. The molecule has 7 heteroatoms. The van der Waals surface area contributed by atoms with Crippen LogP contribution in [0.25, 0.3) is 0 Å². The molecule has 1 N–H and O–H groups in total. The summed E-state index contributed by atoms with van der Waals surface area (Å²) < 4.78 is 0.842. The van der Waals surface area contributed by atoms with Crippen LogP contribution in [0.2, 0.25) is 0 Å². The Bertz CT molecular complexity index is 585. The van der Waals surface area contributed by atoms with Crippen LogP contribution >= 0.6 is 33.9 Å². The van der Waals surface area contributed by atoms with Crippen molar-refractivity contribution in [3.05, 3.63) is 48.0 Å². The number of nitro groups is 1. The van der Waals surface area contributed by atoms with Crippen molar-refractivity contribution in [2.24, 2.45) is 0 Å². The molecule has 1 aromatic heterocycles. The van der Waals surface area contributed by atoms with E-state index in [4.69, 9.17) is 0 Å². The van der Waals surface area contributed by atoms with Crippen molar-refractivity contribution in [1.82, 2.24) is 4.98 Å². The minimum absolute atomic E-state index is 0.0915. The van der Waals surface area contributed by atoms with Gasteiger partial charge >= 0.3 is 0 Å². The van der Waals surface area contributed by atoms with Crippen LogP contribution in [-0.2, 0) is 6.54 Å². The number of hydrogen-bond donors (Lipinski definition) is 1. The second kappa shape index (κ2) is 5.61. The van der Waals surface area contributed by atoms with E-state index in [-0.39, 0.29) is 10.6 Å². The minimum atomic E-state index is -0.378. The number of aryl methyl sites for hydroxylation is 1. The number of hydrogen-bond acceptors (Lipinski definition) is 5. The predicted octanol–water partition coefficient (Wildman–Crippen LogP) is 3.58. The van der Waals surface area contributed by atoms with Gasteiger partial charge in [0.2, 0.25) is 0 Å². The van der Waals surface area contributed by atoms with Gasteiger partial charge in [0.1, 0.15) is 5.69 Å². The van der Waals surface area contributed by atoms with Crippen LogP contribution in [0, 0.1) is 20.6 Å². The van der Waals surface area contributed by atoms with E-state index in [0.29, 0.717) is 12.2 Å². The van der Waals surface area contributed by atoms with Crippen LogP contribution < -0.4 is 5.32 Å². The lowest BCUT2D eigenvalue weighted by molar-refractivity contribution is -0.384. The average molecular weight is 375 g/mol. The first-order chi connectivity index (χ1) is 8.56. The first-order valence-corrected chi connectivity index (χ1v) is 7.11. The van der Waals surface area contributed by atoms with Crippen LogP contribution in [0.1, 0.15) is 10.7 Å². The zero-order valence-corrected chi connectivity index (χ0v) is 12.5. The molecule has 5 nitrogen and oxygen atoms in total. The molecular formula is C11H10IN3O2S. The summed E-state index contributed by atoms with van der Waals surface area (Å²) >= 11 is 3.62. The molecule has 1 heterocycles. The van der Waals surface area contributed by atoms with E-state index in [1.54, 1.807) is 23.5 Å². The molecule has 0 bridgehead atoms. The van der Waals surface area contributed by atoms with E-state index in [9.17, 15) is 10.1 Å². The van der Waals surface area contributed by atoms with Gasteiger partial charge in [0.25, 0.3) is 5.69 Å². The maximum atomic E-state index is 10.9. The third kappa shape index (κ3) is 3.16. The van der Waals surface area contributed by atoms with Gasteiger partial charge in [-0.15, -0.1) is 11.3 Å². The lowest BCUT2D eigenvalue weighted by Gasteiger charge is -2.05. The van der Waals surface area contributed by atoms with Gasteiger partial charge in [0.05, 0.1) is 22.2 Å². The predicted molar refractivity (Wildman–Crippen MR) is 80.0 cm³/mol. The fraction of sp³-hybridized carbons (Fsp3) is 0.182. The Morgan fingerprint density at radius 3 is 2.94 bits per heavy atom. The summed E-state index contributed by atoms with van der Waals surface area (Å²) in [4.78, 5) is 14.9. The summed E-state index contributed by atoms with van der Waals surface area (Å²) in [5, 5.41) is 16.9. The highest BCUT2D eigenvalue weighted by Gasteiger charge is 2.13. The number of nitrogens with zero attached hydrogens (tertiary/aromatic N) is 2. The van der Waals surface area contributed by atoms with E-state index in [1.807, 2.05) is 18.4 Å². The molecule has 0 unspecified atom stereocenters. The van der Waals surface area contributed by atoms with Crippen molar-refractivity contribution in [2.45, 2.75) is 13.5 Å². The molecule has 94 valence electrons. The smallest absolute Gasteiger partial charge is 0.293 e. The lowest BCUT2D eigenvalue weighted by atomic mass is 10.2. The summed E-state index contributed by atoms with van der Waals surface area (Å²) in [7, 11) is 0. The van der Waals surface area contributed by atoms with Gasteiger partial charge < -0.3 is 5.32 Å². The number of benzene rings is 1. The zero-order chi connectivity index (χ0) is 13.1. The van der Waals surface area contributed by atoms with Crippen molar-refractivity contribution in [2.75, 3.05) is 5.32 Å². The van der Waals surface area contributed by atoms with Gasteiger partial charge in [0.15, 0.2) is 0 Å². The molecule has 1 aromatic carbocycles. The number of anilines is 1. The number of thiazole rings is 1. The minimum Gasteiger partial charge on any atom is -0.374 e. The molecular weight excluding hydrogens is 365 g/mol. The Morgan fingerprint density at radius 2 is 2.33 bits per heavy atom. The molecule has 0 saturated carbocycles. The molecule has 18 heavy (non-hydrogen) atoms. The van der Waals surface area contributed by atoms with Crippen molar-refractivity contribution < 1.29 is 4.92 Å². The molecule has 0 aliphatic rings. The lowest BCUT2D eigenvalue weighted by Crippen LogP contribution is -2.03. The van der Waals surface area contributed by atoms with Gasteiger partial charge in [-0.3, -0.25) is 10.1 Å². The molecule has 0 amide bonds. The van der Waals surface area contributed by atoms with Crippen molar-refractivity contribution >= 4 is 45.3 Å². The Morgan fingerprint density at radius 1 is 1.56 bits per heavy atom. The Labute approximate surface area is 122 Å². The molecule has 2 aromatic rings. The zero-order valence-electron chi connectivity index (χ0n) is 9.51. The molecule has 0 atom stereocenters. The highest BCUT2D eigenvalue weighted by Crippen LogP contribution is 2.26. The normalized spacial score (nSPS) is 10.3. The molecule has 0 spiro atoms. The first-order valence-electron chi connectivity index (χ1n) is 5.15. The third-order valence-corrected chi connectivity index (χ3v) is 3.78. The number of aromatic nitrogens is 1. The standard InChI is InChI=1S/C11H10IN3O2S/c1-7-14-9(6-18-7)5-13-10-3-2-8(12)4-11(10)15(16)17/h2-4,6,13H,5H2,1H3. The van der Waals surface area contributed by atoms with E-state index in [0.717, 1.165) is 14.3 Å². The van der Waals surface area contributed by atoms with Crippen LogP contribution in [0.4, 0.5) is 11.4 Å². The number of rotatable bonds is 4. The van der Waals surface area contributed by atoms with E-state index in [2.05, 4.69) is 32.9 Å². The highest BCUT2D eigenvalue weighted by molar-refractivity contribution is 14.1. The topological polar surface area (TPSA) is 68.1 Å². The van der Waals surface area contributed by atoms with E-state index >= 15 is 0 Å².